The van der Waals surface area contributed by atoms with Crippen molar-refractivity contribution >= 4 is 23.4 Å². The number of carbonyl (C=O) groups is 3. The van der Waals surface area contributed by atoms with Gasteiger partial charge in [0.25, 0.3) is 5.69 Å². The van der Waals surface area contributed by atoms with Gasteiger partial charge in [-0.1, -0.05) is 31.4 Å². The molecule has 1 aliphatic heterocycles. The molecule has 0 radical (unpaired) electrons. The molecule has 2 fully saturated rings. The zero-order chi connectivity index (χ0) is 21.1. The van der Waals surface area contributed by atoms with Gasteiger partial charge in [-0.3, -0.25) is 24.5 Å². The number of non-ortho nitro benzene ring substituents is 1. The van der Waals surface area contributed by atoms with Crippen molar-refractivity contribution in [1.29, 1.82) is 0 Å². The van der Waals surface area contributed by atoms with Gasteiger partial charge in [-0.2, -0.15) is 0 Å². The summed E-state index contributed by atoms with van der Waals surface area (Å²) in [5.41, 5.74) is 6.24. The van der Waals surface area contributed by atoms with Gasteiger partial charge in [0, 0.05) is 25.6 Å². The maximum absolute atomic E-state index is 13.0. The molecule has 29 heavy (non-hydrogen) atoms. The number of amides is 3. The zero-order valence-corrected chi connectivity index (χ0v) is 16.5. The summed E-state index contributed by atoms with van der Waals surface area (Å²) >= 11 is 0. The van der Waals surface area contributed by atoms with Gasteiger partial charge in [0.05, 0.1) is 11.5 Å². The average Bonchev–Trinajstić information content (AvgIpc) is 2.70. The van der Waals surface area contributed by atoms with E-state index in [1.807, 2.05) is 0 Å². The Morgan fingerprint density at radius 3 is 2.38 bits per heavy atom. The van der Waals surface area contributed by atoms with E-state index >= 15 is 0 Å². The third-order valence-corrected chi connectivity index (χ3v) is 5.93. The number of primary amides is 1. The first kappa shape index (κ1) is 20.8. The van der Waals surface area contributed by atoms with Gasteiger partial charge in [0.15, 0.2) is 0 Å². The van der Waals surface area contributed by atoms with E-state index in [9.17, 15) is 24.5 Å². The molecule has 3 rings (SSSR count). The summed E-state index contributed by atoms with van der Waals surface area (Å²) in [7, 11) is 1.60. The Kier molecular flexibility index (Phi) is 6.14. The molecule has 9 heteroatoms. The van der Waals surface area contributed by atoms with Crippen LogP contribution in [0.3, 0.4) is 0 Å². The first-order valence-electron chi connectivity index (χ1n) is 9.88. The van der Waals surface area contributed by atoms with Crippen LogP contribution in [-0.2, 0) is 20.8 Å². The molecule has 0 spiro atoms. The Bertz CT molecular complexity index is 804. The second kappa shape index (κ2) is 8.59. The average molecular weight is 402 g/mol. The highest BCUT2D eigenvalue weighted by atomic mass is 16.6. The Hall–Kier alpha value is -2.97. The lowest BCUT2D eigenvalue weighted by atomic mass is 9.81. The van der Waals surface area contributed by atoms with Crippen molar-refractivity contribution in [3.8, 4) is 0 Å². The lowest BCUT2D eigenvalue weighted by Gasteiger charge is -2.46. The number of nitrogens with zero attached hydrogens (tertiary/aromatic N) is 3. The molecule has 0 unspecified atom stereocenters. The minimum absolute atomic E-state index is 0.00154. The third-order valence-electron chi connectivity index (χ3n) is 5.93. The van der Waals surface area contributed by atoms with E-state index < -0.39 is 22.9 Å². The van der Waals surface area contributed by atoms with Gasteiger partial charge in [0.2, 0.25) is 17.7 Å². The van der Waals surface area contributed by atoms with E-state index in [4.69, 9.17) is 5.73 Å². The van der Waals surface area contributed by atoms with Crippen molar-refractivity contribution in [3.63, 3.8) is 0 Å². The zero-order valence-electron chi connectivity index (χ0n) is 16.5. The number of likely N-dealkylation sites (N-methyl/N-ethyl adjacent to an activating group) is 1. The molecule has 3 amide bonds. The molecule has 1 aliphatic carbocycles. The number of rotatable bonds is 6. The maximum atomic E-state index is 13.0. The summed E-state index contributed by atoms with van der Waals surface area (Å²) in [5, 5.41) is 10.9. The molecular weight excluding hydrogens is 376 g/mol. The molecule has 156 valence electrons. The van der Waals surface area contributed by atoms with Crippen molar-refractivity contribution in [2.45, 2.75) is 50.6 Å². The largest absolute Gasteiger partial charge is 0.368 e. The quantitative estimate of drug-likeness (QED) is 0.566. The van der Waals surface area contributed by atoms with Crippen molar-refractivity contribution < 1.29 is 19.3 Å². The van der Waals surface area contributed by atoms with Crippen molar-refractivity contribution in [3.05, 3.63) is 39.9 Å². The van der Waals surface area contributed by atoms with Gasteiger partial charge in [-0.05, 0) is 24.3 Å². The number of nitro groups is 1. The van der Waals surface area contributed by atoms with E-state index in [-0.39, 0.29) is 36.4 Å². The van der Waals surface area contributed by atoms with E-state index in [0.29, 0.717) is 5.56 Å². The van der Waals surface area contributed by atoms with Gasteiger partial charge in [-0.15, -0.1) is 0 Å². The van der Waals surface area contributed by atoms with E-state index in [1.165, 1.54) is 21.9 Å². The number of hydrogen-bond donors (Lipinski definition) is 1. The smallest absolute Gasteiger partial charge is 0.269 e. The van der Waals surface area contributed by atoms with Crippen molar-refractivity contribution in [2.75, 3.05) is 13.6 Å². The Morgan fingerprint density at radius 1 is 1.21 bits per heavy atom. The SMILES string of the molecule is CN1CC(=O)N([C@@H](Cc2ccc([N+](=O)[O-])cc2)C(N)=O)[C@@H](C2CCCCC2)C1=O. The van der Waals surface area contributed by atoms with Crippen LogP contribution >= 0.6 is 0 Å². The lowest BCUT2D eigenvalue weighted by molar-refractivity contribution is -0.384. The lowest BCUT2D eigenvalue weighted by Crippen LogP contribution is -2.66. The molecule has 1 aromatic carbocycles. The highest BCUT2D eigenvalue weighted by Crippen LogP contribution is 2.33. The van der Waals surface area contributed by atoms with Crippen LogP contribution in [0.5, 0.6) is 0 Å². The normalized spacial score (nSPS) is 21.9. The van der Waals surface area contributed by atoms with Gasteiger partial charge in [0.1, 0.15) is 12.1 Å². The van der Waals surface area contributed by atoms with Crippen LogP contribution in [0.1, 0.15) is 37.7 Å². The standard InChI is InChI=1S/C20H26N4O5/c1-22-12-17(25)23(18(20(22)27)14-5-3-2-4-6-14)16(19(21)26)11-13-7-9-15(10-8-13)24(28)29/h7-10,14,16,18H,2-6,11-12H2,1H3,(H2,21,26)/t16-,18-/m0/s1. The summed E-state index contributed by atoms with van der Waals surface area (Å²) in [6, 6.07) is 4.12. The Balaban J connectivity index is 1.91. The first-order valence-corrected chi connectivity index (χ1v) is 9.88. The minimum Gasteiger partial charge on any atom is -0.368 e. The van der Waals surface area contributed by atoms with Crippen molar-refractivity contribution in [2.24, 2.45) is 11.7 Å². The molecule has 2 aliphatic rings. The predicted molar refractivity (Wildman–Crippen MR) is 105 cm³/mol. The summed E-state index contributed by atoms with van der Waals surface area (Å²) in [6.07, 6.45) is 4.85. The molecule has 1 saturated carbocycles. The molecule has 2 N–H and O–H groups in total. The molecule has 0 aromatic heterocycles. The number of nitro benzene ring substituents is 1. The topological polar surface area (TPSA) is 127 Å². The Labute approximate surface area is 169 Å². The Morgan fingerprint density at radius 2 is 1.83 bits per heavy atom. The van der Waals surface area contributed by atoms with Crippen LogP contribution in [0.15, 0.2) is 24.3 Å². The number of piperazine rings is 1. The molecular formula is C20H26N4O5. The van der Waals surface area contributed by atoms with Gasteiger partial charge < -0.3 is 15.5 Å². The van der Waals surface area contributed by atoms with E-state index in [1.54, 1.807) is 19.2 Å². The maximum Gasteiger partial charge on any atom is 0.269 e. The number of benzene rings is 1. The number of hydrogen-bond acceptors (Lipinski definition) is 5. The van der Waals surface area contributed by atoms with Crippen molar-refractivity contribution in [1.82, 2.24) is 9.80 Å². The fraction of sp³-hybridized carbons (Fsp3) is 0.550. The molecule has 1 saturated heterocycles. The molecule has 0 bridgehead atoms. The summed E-state index contributed by atoms with van der Waals surface area (Å²) in [4.78, 5) is 51.4. The highest BCUT2D eigenvalue weighted by molar-refractivity contribution is 5.98. The van der Waals surface area contributed by atoms with Crippen LogP contribution < -0.4 is 5.73 Å². The summed E-state index contributed by atoms with van der Waals surface area (Å²) in [6.45, 7) is -0.0912. The molecule has 9 nitrogen and oxygen atoms in total. The second-order valence-electron chi connectivity index (χ2n) is 7.88. The third kappa shape index (κ3) is 4.38. The number of carbonyl (C=O) groups excluding carboxylic acids is 3. The van der Waals surface area contributed by atoms with Gasteiger partial charge >= 0.3 is 0 Å². The number of nitrogens with two attached hydrogens (primary N) is 1. The van der Waals surface area contributed by atoms with E-state index in [0.717, 1.165) is 32.1 Å². The van der Waals surface area contributed by atoms with Crippen LogP contribution in [0, 0.1) is 16.0 Å². The second-order valence-corrected chi connectivity index (χ2v) is 7.88. The fourth-order valence-electron chi connectivity index (χ4n) is 4.42. The fourth-order valence-corrected chi connectivity index (χ4v) is 4.42. The molecule has 2 atom stereocenters. The first-order chi connectivity index (χ1) is 13.8. The predicted octanol–water partition coefficient (Wildman–Crippen LogP) is 1.24. The molecule has 1 heterocycles. The minimum atomic E-state index is -0.978. The molecule has 1 aromatic rings. The van der Waals surface area contributed by atoms with Crippen LogP contribution in [0.25, 0.3) is 0 Å². The highest BCUT2D eigenvalue weighted by Gasteiger charge is 2.46. The van der Waals surface area contributed by atoms with Crippen LogP contribution in [-0.4, -0.2) is 58.1 Å². The van der Waals surface area contributed by atoms with Gasteiger partial charge in [-0.25, -0.2) is 0 Å². The monoisotopic (exact) mass is 402 g/mol. The van der Waals surface area contributed by atoms with E-state index in [2.05, 4.69) is 0 Å². The van der Waals surface area contributed by atoms with Crippen LogP contribution in [0.2, 0.25) is 0 Å². The summed E-state index contributed by atoms with van der Waals surface area (Å²) in [5.74, 6) is -1.14. The van der Waals surface area contributed by atoms with Crippen LogP contribution in [0.4, 0.5) is 5.69 Å². The summed E-state index contributed by atoms with van der Waals surface area (Å²) < 4.78 is 0.